The highest BCUT2D eigenvalue weighted by molar-refractivity contribution is 5.82. The number of allylic oxidation sites excluding steroid dienone is 3. The van der Waals surface area contributed by atoms with Gasteiger partial charge >= 0.3 is 5.97 Å². The van der Waals surface area contributed by atoms with Gasteiger partial charge in [-0.3, -0.25) is 4.79 Å². The van der Waals surface area contributed by atoms with Crippen molar-refractivity contribution in [3.8, 4) is 0 Å². The smallest absolute Gasteiger partial charge is 0.330 e. The van der Waals surface area contributed by atoms with Gasteiger partial charge in [0.15, 0.2) is 0 Å². The van der Waals surface area contributed by atoms with Crippen molar-refractivity contribution in [2.75, 3.05) is 13.2 Å². The minimum absolute atomic E-state index is 0.143. The molecule has 0 aromatic rings. The summed E-state index contributed by atoms with van der Waals surface area (Å²) < 4.78 is 5.38. The summed E-state index contributed by atoms with van der Waals surface area (Å²) in [4.78, 5) is 24.5. The number of nitrogens with one attached hydrogen (secondary N) is 1. The summed E-state index contributed by atoms with van der Waals surface area (Å²) in [6.45, 7) is 4.72. The highest BCUT2D eigenvalue weighted by Gasteiger charge is 2.27. The van der Waals surface area contributed by atoms with Gasteiger partial charge in [0, 0.05) is 12.5 Å². The number of ether oxygens (including phenoxy) is 1. The zero-order valence-electron chi connectivity index (χ0n) is 51.1. The lowest BCUT2D eigenvalue weighted by molar-refractivity contribution is -0.137. The van der Waals surface area contributed by atoms with Gasteiger partial charge in [0.1, 0.15) is 6.10 Å². The molecule has 0 heterocycles. The molecule has 3 atom stereocenters. The zero-order valence-corrected chi connectivity index (χ0v) is 51.1. The molecule has 450 valence electrons. The Labute approximate surface area is 474 Å². The van der Waals surface area contributed by atoms with Crippen molar-refractivity contribution < 1.29 is 29.6 Å². The molecule has 1 amide bonds. The van der Waals surface area contributed by atoms with Crippen LogP contribution in [0.4, 0.5) is 0 Å². The third kappa shape index (κ3) is 58.4. The lowest BCUT2D eigenvalue weighted by atomic mass is 9.99. The Morgan fingerprint density at radius 2 is 0.697 bits per heavy atom. The van der Waals surface area contributed by atoms with Crippen molar-refractivity contribution in [2.45, 2.75) is 392 Å². The van der Waals surface area contributed by atoms with Gasteiger partial charge in [-0.15, -0.1) is 0 Å². The van der Waals surface area contributed by atoms with Crippen LogP contribution in [0.3, 0.4) is 0 Å². The highest BCUT2D eigenvalue weighted by atomic mass is 16.5. The number of carbonyl (C=O) groups excluding carboxylic acids is 2. The van der Waals surface area contributed by atoms with Crippen molar-refractivity contribution in [3.05, 3.63) is 24.3 Å². The fourth-order valence-electron chi connectivity index (χ4n) is 10.9. The first kappa shape index (κ1) is 74.3. The second kappa shape index (κ2) is 64.1. The fourth-order valence-corrected chi connectivity index (χ4v) is 10.9. The number of unbranched alkanes of at least 4 members (excludes halogenated alkanes) is 51. The lowest BCUT2D eigenvalue weighted by Crippen LogP contribution is -2.50. The van der Waals surface area contributed by atoms with Crippen molar-refractivity contribution in [1.82, 2.24) is 5.32 Å². The van der Waals surface area contributed by atoms with E-state index in [0.717, 1.165) is 57.8 Å². The molecule has 4 N–H and O–H groups in total. The van der Waals surface area contributed by atoms with Crippen LogP contribution in [0, 0.1) is 0 Å². The molecular weight excluding hydrogens is 939 g/mol. The van der Waals surface area contributed by atoms with Gasteiger partial charge in [0.25, 0.3) is 0 Å². The Hall–Kier alpha value is -1.70. The number of rotatable bonds is 64. The molecule has 76 heavy (non-hydrogen) atoms. The summed E-state index contributed by atoms with van der Waals surface area (Å²) in [5, 5.41) is 33.7. The first-order valence-corrected chi connectivity index (χ1v) is 34.2. The molecule has 7 heteroatoms. The van der Waals surface area contributed by atoms with Crippen LogP contribution < -0.4 is 5.32 Å². The molecule has 0 rings (SSSR count). The number of amides is 1. The molecule has 0 fully saturated rings. The van der Waals surface area contributed by atoms with Crippen LogP contribution in [0.5, 0.6) is 0 Å². The molecule has 0 spiro atoms. The van der Waals surface area contributed by atoms with Crippen LogP contribution in [0.1, 0.15) is 373 Å². The maximum Gasteiger partial charge on any atom is 0.330 e. The molecule has 0 aliphatic heterocycles. The van der Waals surface area contributed by atoms with E-state index in [9.17, 15) is 24.9 Å². The molecule has 0 aromatic carbocycles. The van der Waals surface area contributed by atoms with E-state index in [1.165, 1.54) is 289 Å². The molecular formula is C69H133NO6. The Balaban J connectivity index is 3.38. The van der Waals surface area contributed by atoms with E-state index in [-0.39, 0.29) is 18.5 Å². The van der Waals surface area contributed by atoms with Gasteiger partial charge in [-0.25, -0.2) is 4.79 Å². The maximum atomic E-state index is 12.5. The normalized spacial score (nSPS) is 13.1. The Kier molecular flexibility index (Phi) is 62.7. The topological polar surface area (TPSA) is 116 Å². The molecule has 0 saturated heterocycles. The molecule has 0 aliphatic rings. The van der Waals surface area contributed by atoms with E-state index in [0.29, 0.717) is 19.4 Å². The first-order valence-electron chi connectivity index (χ1n) is 34.2. The summed E-state index contributed by atoms with van der Waals surface area (Å²) in [7, 11) is 0. The molecule has 1 unspecified atom stereocenters. The van der Waals surface area contributed by atoms with Crippen LogP contribution in [-0.2, 0) is 14.3 Å². The number of hydrogen-bond acceptors (Lipinski definition) is 6. The first-order chi connectivity index (χ1) is 37.5. The maximum absolute atomic E-state index is 12.5. The number of esters is 1. The van der Waals surface area contributed by atoms with Crippen LogP contribution >= 0.6 is 0 Å². The third-order valence-electron chi connectivity index (χ3n) is 16.2. The molecule has 0 bridgehead atoms. The number of carbonyl (C=O) groups is 2. The van der Waals surface area contributed by atoms with E-state index < -0.39 is 18.2 Å². The second-order valence-corrected chi connectivity index (χ2v) is 23.7. The number of aliphatic hydroxyl groups excluding tert-OH is 3. The minimum atomic E-state index is -1.14. The quantitative estimate of drug-likeness (QED) is 0.0209. The van der Waals surface area contributed by atoms with Gasteiger partial charge in [0.2, 0.25) is 5.91 Å². The fraction of sp³-hybridized carbons (Fsp3) is 0.913. The molecule has 0 aromatic heterocycles. The van der Waals surface area contributed by atoms with Gasteiger partial charge in [-0.1, -0.05) is 353 Å². The Morgan fingerprint density at radius 1 is 0.395 bits per heavy atom. The predicted octanol–water partition coefficient (Wildman–Crippen LogP) is 20.7. The third-order valence-corrected chi connectivity index (χ3v) is 16.2. The zero-order chi connectivity index (χ0) is 55.1. The van der Waals surface area contributed by atoms with E-state index in [2.05, 4.69) is 25.2 Å². The SMILES string of the molecule is CCCCCCCCCCCCCC=CC=CC(=O)OCCCCCCCCCCCCCCCCCCCCCCCCCCCCCCCCC(=O)N[C@H](CO)[C@H](O)C(O)CCCCCCCCCCCCCC. The van der Waals surface area contributed by atoms with Crippen molar-refractivity contribution in [1.29, 1.82) is 0 Å². The summed E-state index contributed by atoms with van der Waals surface area (Å²) in [6, 6.07) is -0.811. The van der Waals surface area contributed by atoms with Gasteiger partial charge in [-0.05, 0) is 32.1 Å². The molecule has 0 radical (unpaired) electrons. The standard InChI is InChI=1S/C69H133NO6/c1-3-5-7-9-11-13-15-17-34-38-42-46-50-54-58-62-68(74)76-63-59-55-51-47-43-39-36-33-31-29-27-25-23-21-19-18-20-22-24-26-28-30-32-35-37-41-45-49-53-57-61-67(73)70-65(64-71)69(75)66(72)60-56-52-48-44-40-16-14-12-10-8-6-4-2/h50,54,58,62,65-66,69,71-72,75H,3-49,51-53,55-57,59-61,63-64H2,1-2H3,(H,70,73)/t65-,66?,69+/m1/s1. The Bertz CT molecular complexity index is 1210. The van der Waals surface area contributed by atoms with Crippen molar-refractivity contribution >= 4 is 11.9 Å². The van der Waals surface area contributed by atoms with Crippen LogP contribution in [0.2, 0.25) is 0 Å². The average molecular weight is 1070 g/mol. The highest BCUT2D eigenvalue weighted by Crippen LogP contribution is 2.19. The Morgan fingerprint density at radius 3 is 1.04 bits per heavy atom. The minimum Gasteiger partial charge on any atom is -0.463 e. The molecule has 0 aliphatic carbocycles. The van der Waals surface area contributed by atoms with Crippen LogP contribution in [0.25, 0.3) is 0 Å². The van der Waals surface area contributed by atoms with Gasteiger partial charge in [-0.2, -0.15) is 0 Å². The second-order valence-electron chi connectivity index (χ2n) is 23.7. The van der Waals surface area contributed by atoms with Gasteiger partial charge < -0.3 is 25.4 Å². The van der Waals surface area contributed by atoms with Crippen LogP contribution in [-0.4, -0.2) is 58.7 Å². The monoisotopic (exact) mass is 1070 g/mol. The lowest BCUT2D eigenvalue weighted by Gasteiger charge is -2.26. The van der Waals surface area contributed by atoms with E-state index in [1.807, 2.05) is 12.2 Å². The van der Waals surface area contributed by atoms with Crippen LogP contribution in [0.15, 0.2) is 24.3 Å². The summed E-state index contributed by atoms with van der Waals surface area (Å²) >= 11 is 0. The molecule has 7 nitrogen and oxygen atoms in total. The predicted molar refractivity (Wildman–Crippen MR) is 330 cm³/mol. The number of hydrogen-bond donors (Lipinski definition) is 4. The summed E-state index contributed by atoms with van der Waals surface area (Å²) in [5.74, 6) is -0.354. The number of aliphatic hydroxyl groups is 3. The van der Waals surface area contributed by atoms with Crippen molar-refractivity contribution in [3.63, 3.8) is 0 Å². The summed E-state index contributed by atoms with van der Waals surface area (Å²) in [5.41, 5.74) is 0. The van der Waals surface area contributed by atoms with E-state index >= 15 is 0 Å². The molecule has 0 saturated carbocycles. The average Bonchev–Trinajstić information content (AvgIpc) is 3.42. The largest absolute Gasteiger partial charge is 0.463 e. The van der Waals surface area contributed by atoms with Gasteiger partial charge in [0.05, 0.1) is 25.4 Å². The summed E-state index contributed by atoms with van der Waals surface area (Å²) in [6.07, 6.45) is 77.3. The van der Waals surface area contributed by atoms with Crippen molar-refractivity contribution in [2.24, 2.45) is 0 Å². The van der Waals surface area contributed by atoms with E-state index in [1.54, 1.807) is 6.08 Å². The van der Waals surface area contributed by atoms with E-state index in [4.69, 9.17) is 4.74 Å².